The van der Waals surface area contributed by atoms with Crippen LogP contribution in [0.4, 0.5) is 5.69 Å². The summed E-state index contributed by atoms with van der Waals surface area (Å²) in [4.78, 5) is 66.1. The van der Waals surface area contributed by atoms with Gasteiger partial charge in [0.05, 0.1) is 28.7 Å². The first-order valence-electron chi connectivity index (χ1n) is 15.4. The summed E-state index contributed by atoms with van der Waals surface area (Å²) in [5, 5.41) is 0. The molecule has 2 saturated carbocycles. The van der Waals surface area contributed by atoms with Crippen molar-refractivity contribution in [2.45, 2.75) is 25.7 Å². The molecule has 4 aromatic carbocycles. The molecule has 0 unspecified atom stereocenters. The number of imide groups is 1. The Balaban J connectivity index is 0.946. The van der Waals surface area contributed by atoms with E-state index >= 15 is 0 Å². The van der Waals surface area contributed by atoms with Gasteiger partial charge in [-0.25, -0.2) is 9.59 Å². The molecule has 2 amide bonds. The minimum Gasteiger partial charge on any atom is -0.454 e. The van der Waals surface area contributed by atoms with Crippen LogP contribution in [0.5, 0.6) is 5.75 Å². The standard InChI is InChI=1S/C38H31NO7/c1-22-7-9-26(10-8-22)38(44)46-29-17-13-24(14-18-29)32(40)21-45-37(43)25-11-15-28(16-12-25)39-35(41)33-27-19-30(23-5-3-2-4-6-23)31(20-27)34(33)36(39)42/h2-18,27,30-31,33-34H,19-21H2,1H3/t27-,30-,31-,33-,34+/m1/s1. The van der Waals surface area contributed by atoms with Gasteiger partial charge in [-0.15, -0.1) is 0 Å². The average molecular weight is 614 g/mol. The largest absolute Gasteiger partial charge is 0.454 e. The van der Waals surface area contributed by atoms with Gasteiger partial charge in [0.15, 0.2) is 12.4 Å². The number of carbonyl (C=O) groups is 5. The summed E-state index contributed by atoms with van der Waals surface area (Å²) in [7, 11) is 0. The molecule has 5 atom stereocenters. The second-order valence-electron chi connectivity index (χ2n) is 12.3. The number of hydrogen-bond acceptors (Lipinski definition) is 7. The first-order chi connectivity index (χ1) is 22.3. The first kappa shape index (κ1) is 29.3. The second-order valence-corrected chi connectivity index (χ2v) is 12.3. The van der Waals surface area contributed by atoms with E-state index in [-0.39, 0.29) is 52.7 Å². The van der Waals surface area contributed by atoms with Gasteiger partial charge >= 0.3 is 11.9 Å². The van der Waals surface area contributed by atoms with Crippen molar-refractivity contribution in [3.05, 3.63) is 131 Å². The Morgan fingerprint density at radius 3 is 2.00 bits per heavy atom. The highest BCUT2D eigenvalue weighted by Gasteiger charge is 2.64. The van der Waals surface area contributed by atoms with Gasteiger partial charge < -0.3 is 9.47 Å². The third-order valence-electron chi connectivity index (χ3n) is 9.61. The minimum atomic E-state index is -0.705. The van der Waals surface area contributed by atoms with Gasteiger partial charge in [-0.2, -0.15) is 0 Å². The average Bonchev–Trinajstić information content (AvgIpc) is 3.75. The highest BCUT2D eigenvalue weighted by atomic mass is 16.5. The van der Waals surface area contributed by atoms with Crippen LogP contribution in [-0.2, 0) is 14.3 Å². The third kappa shape index (κ3) is 5.30. The molecule has 2 bridgehead atoms. The van der Waals surface area contributed by atoms with Crippen LogP contribution in [0.3, 0.4) is 0 Å². The number of rotatable bonds is 8. The number of aryl methyl sites for hydroxylation is 1. The fraction of sp³-hybridized carbons (Fsp3) is 0.237. The number of hydrogen-bond donors (Lipinski definition) is 0. The molecule has 1 heterocycles. The highest BCUT2D eigenvalue weighted by molar-refractivity contribution is 6.22. The summed E-state index contributed by atoms with van der Waals surface area (Å²) >= 11 is 0. The van der Waals surface area contributed by atoms with Gasteiger partial charge in [-0.1, -0.05) is 48.0 Å². The number of nitrogens with zero attached hydrogens (tertiary/aromatic N) is 1. The van der Waals surface area contributed by atoms with Crippen molar-refractivity contribution in [3.8, 4) is 5.75 Å². The van der Waals surface area contributed by atoms with E-state index in [4.69, 9.17) is 9.47 Å². The molecule has 0 spiro atoms. The van der Waals surface area contributed by atoms with Crippen molar-refractivity contribution >= 4 is 35.2 Å². The van der Waals surface area contributed by atoms with Crippen molar-refractivity contribution in [1.29, 1.82) is 0 Å². The third-order valence-corrected chi connectivity index (χ3v) is 9.61. The smallest absolute Gasteiger partial charge is 0.343 e. The minimum absolute atomic E-state index is 0.149. The van der Waals surface area contributed by atoms with Crippen LogP contribution in [0, 0.1) is 30.6 Å². The topological polar surface area (TPSA) is 107 Å². The molecule has 2 aliphatic carbocycles. The number of esters is 2. The monoisotopic (exact) mass is 613 g/mol. The fourth-order valence-corrected chi connectivity index (χ4v) is 7.41. The lowest BCUT2D eigenvalue weighted by Crippen LogP contribution is -2.33. The summed E-state index contributed by atoms with van der Waals surface area (Å²) < 4.78 is 10.6. The van der Waals surface area contributed by atoms with Crippen LogP contribution < -0.4 is 9.64 Å². The number of amides is 2. The molecule has 3 aliphatic rings. The molecule has 0 N–H and O–H groups in total. The van der Waals surface area contributed by atoms with Crippen molar-refractivity contribution in [2.75, 3.05) is 11.5 Å². The van der Waals surface area contributed by atoms with Gasteiger partial charge in [0.2, 0.25) is 11.8 Å². The normalized spacial score (nSPS) is 22.9. The van der Waals surface area contributed by atoms with Crippen LogP contribution in [0.15, 0.2) is 103 Å². The Hall–Kier alpha value is -5.37. The molecule has 4 aromatic rings. The van der Waals surface area contributed by atoms with Crippen molar-refractivity contribution < 1.29 is 33.4 Å². The molecular weight excluding hydrogens is 582 g/mol. The van der Waals surface area contributed by atoms with Crippen LogP contribution in [0.25, 0.3) is 0 Å². The SMILES string of the molecule is Cc1ccc(C(=O)Oc2ccc(C(=O)COC(=O)c3ccc(N4C(=O)[C@@H]5[C@H]6C[C@@H]([C@@H]5C4=O)[C@@H](c4ccccc4)C6)cc3)cc2)cc1. The number of fused-ring (bicyclic) bond motifs is 5. The van der Waals surface area contributed by atoms with Gasteiger partial charge in [0.25, 0.3) is 0 Å². The summed E-state index contributed by atoms with van der Waals surface area (Å²) in [6, 6.07) is 29.3. The van der Waals surface area contributed by atoms with E-state index in [2.05, 4.69) is 12.1 Å². The van der Waals surface area contributed by atoms with Gasteiger partial charge in [-0.3, -0.25) is 19.3 Å². The highest BCUT2D eigenvalue weighted by Crippen LogP contribution is 2.61. The van der Waals surface area contributed by atoms with Crippen molar-refractivity contribution in [1.82, 2.24) is 0 Å². The summed E-state index contributed by atoms with van der Waals surface area (Å²) in [6.45, 7) is 1.44. The molecule has 8 heteroatoms. The van der Waals surface area contributed by atoms with Gasteiger partial charge in [0.1, 0.15) is 5.75 Å². The molecule has 8 nitrogen and oxygen atoms in total. The number of carbonyl (C=O) groups excluding carboxylic acids is 5. The zero-order chi connectivity index (χ0) is 31.9. The number of anilines is 1. The molecule has 46 heavy (non-hydrogen) atoms. The maximum absolute atomic E-state index is 13.6. The quantitative estimate of drug-likeness (QED) is 0.101. The molecular formula is C38H31NO7. The molecule has 3 fully saturated rings. The lowest BCUT2D eigenvalue weighted by atomic mass is 9.73. The Kier molecular flexibility index (Phi) is 7.56. The summed E-state index contributed by atoms with van der Waals surface area (Å²) in [6.07, 6.45) is 1.81. The van der Waals surface area contributed by atoms with Gasteiger partial charge in [-0.05, 0) is 104 Å². The van der Waals surface area contributed by atoms with Crippen LogP contribution in [-0.4, -0.2) is 36.1 Å². The summed E-state index contributed by atoms with van der Waals surface area (Å²) in [5.74, 6) is -1.68. The fourth-order valence-electron chi connectivity index (χ4n) is 7.41. The van der Waals surface area contributed by atoms with E-state index in [1.165, 1.54) is 46.9 Å². The van der Waals surface area contributed by atoms with E-state index in [0.29, 0.717) is 16.8 Å². The number of Topliss-reactive ketones (excluding diaryl/α,β-unsaturated/α-hetero) is 1. The van der Waals surface area contributed by atoms with Gasteiger partial charge in [0, 0.05) is 5.56 Å². The Bertz CT molecular complexity index is 1830. The lowest BCUT2D eigenvalue weighted by molar-refractivity contribution is -0.123. The maximum atomic E-state index is 13.6. The van der Waals surface area contributed by atoms with Crippen molar-refractivity contribution in [3.63, 3.8) is 0 Å². The zero-order valence-electron chi connectivity index (χ0n) is 25.1. The molecule has 0 radical (unpaired) electrons. The maximum Gasteiger partial charge on any atom is 0.343 e. The molecule has 1 aliphatic heterocycles. The molecule has 230 valence electrons. The first-order valence-corrected chi connectivity index (χ1v) is 15.4. The number of benzene rings is 4. The van der Waals surface area contributed by atoms with E-state index < -0.39 is 24.3 Å². The van der Waals surface area contributed by atoms with Crippen LogP contribution in [0.1, 0.15) is 61.0 Å². The predicted molar refractivity (Wildman–Crippen MR) is 169 cm³/mol. The molecule has 0 aromatic heterocycles. The number of ether oxygens (including phenoxy) is 2. The van der Waals surface area contributed by atoms with E-state index in [0.717, 1.165) is 18.4 Å². The molecule has 7 rings (SSSR count). The second kappa shape index (κ2) is 11.9. The Labute approximate surface area is 265 Å². The lowest BCUT2D eigenvalue weighted by Gasteiger charge is -2.28. The predicted octanol–water partition coefficient (Wildman–Crippen LogP) is 6.18. The van der Waals surface area contributed by atoms with Crippen LogP contribution in [0.2, 0.25) is 0 Å². The summed E-state index contributed by atoms with van der Waals surface area (Å²) in [5.41, 5.74) is 3.58. The van der Waals surface area contributed by atoms with E-state index in [9.17, 15) is 24.0 Å². The number of ketones is 1. The van der Waals surface area contributed by atoms with E-state index in [1.54, 1.807) is 24.3 Å². The van der Waals surface area contributed by atoms with Crippen molar-refractivity contribution in [2.24, 2.45) is 23.7 Å². The zero-order valence-corrected chi connectivity index (χ0v) is 25.1. The van der Waals surface area contributed by atoms with Crippen LogP contribution >= 0.6 is 0 Å². The van der Waals surface area contributed by atoms with E-state index in [1.807, 2.05) is 37.3 Å². The Morgan fingerprint density at radius 2 is 1.30 bits per heavy atom. The Morgan fingerprint density at radius 1 is 0.696 bits per heavy atom. The molecule has 1 saturated heterocycles.